The Morgan fingerprint density at radius 2 is 2.16 bits per heavy atom. The first-order valence-electron chi connectivity index (χ1n) is 6.05. The number of nitrogens with one attached hydrogen (secondary N) is 1. The quantitative estimate of drug-likeness (QED) is 0.854. The van der Waals surface area contributed by atoms with Gasteiger partial charge in [0.25, 0.3) is 5.91 Å². The standard InChI is InChI=1S/C14H15NO4/c1-3-6-15-13(16)11-7-9-4-5-10(18-2)8-12(9)19-14(11)17/h4-5,7-8H,3,6H2,1-2H3,(H,15,16). The zero-order chi connectivity index (χ0) is 13.8. The van der Waals surface area contributed by atoms with Gasteiger partial charge in [-0.3, -0.25) is 4.79 Å². The number of methoxy groups -OCH3 is 1. The summed E-state index contributed by atoms with van der Waals surface area (Å²) in [5.41, 5.74) is -0.225. The average Bonchev–Trinajstić information content (AvgIpc) is 2.43. The zero-order valence-electron chi connectivity index (χ0n) is 10.9. The molecule has 0 unspecified atom stereocenters. The van der Waals surface area contributed by atoms with Crippen molar-refractivity contribution in [3.8, 4) is 5.75 Å². The van der Waals surface area contributed by atoms with Crippen LogP contribution in [0.25, 0.3) is 11.0 Å². The third-order valence-electron chi connectivity index (χ3n) is 2.72. The number of amides is 1. The summed E-state index contributed by atoms with van der Waals surface area (Å²) in [6.07, 6.45) is 0.807. The van der Waals surface area contributed by atoms with E-state index >= 15 is 0 Å². The van der Waals surface area contributed by atoms with Crippen LogP contribution >= 0.6 is 0 Å². The Kier molecular flexibility index (Phi) is 3.85. The Labute approximate surface area is 110 Å². The summed E-state index contributed by atoms with van der Waals surface area (Å²) in [7, 11) is 1.53. The van der Waals surface area contributed by atoms with Crippen molar-refractivity contribution in [2.75, 3.05) is 13.7 Å². The molecule has 1 aromatic carbocycles. The molecule has 19 heavy (non-hydrogen) atoms. The van der Waals surface area contributed by atoms with E-state index in [1.165, 1.54) is 13.2 Å². The molecule has 2 aromatic rings. The van der Waals surface area contributed by atoms with Crippen LogP contribution in [0.1, 0.15) is 23.7 Å². The lowest BCUT2D eigenvalue weighted by atomic mass is 10.1. The number of hydrogen-bond acceptors (Lipinski definition) is 4. The maximum Gasteiger partial charge on any atom is 0.349 e. The van der Waals surface area contributed by atoms with E-state index in [1.807, 2.05) is 6.92 Å². The second kappa shape index (κ2) is 5.56. The fourth-order valence-corrected chi connectivity index (χ4v) is 1.71. The van der Waals surface area contributed by atoms with Crippen molar-refractivity contribution < 1.29 is 13.9 Å². The molecular formula is C14H15NO4. The zero-order valence-corrected chi connectivity index (χ0v) is 10.9. The lowest BCUT2D eigenvalue weighted by Crippen LogP contribution is -2.28. The second-order valence-corrected chi connectivity index (χ2v) is 4.11. The minimum absolute atomic E-state index is 0.0196. The average molecular weight is 261 g/mol. The number of carbonyl (C=O) groups is 1. The minimum Gasteiger partial charge on any atom is -0.497 e. The van der Waals surface area contributed by atoms with E-state index < -0.39 is 11.5 Å². The predicted molar refractivity (Wildman–Crippen MR) is 71.7 cm³/mol. The second-order valence-electron chi connectivity index (χ2n) is 4.11. The van der Waals surface area contributed by atoms with Crippen LogP contribution in [0.15, 0.2) is 33.5 Å². The SMILES string of the molecule is CCCNC(=O)c1cc2ccc(OC)cc2oc1=O. The largest absolute Gasteiger partial charge is 0.497 e. The third-order valence-corrected chi connectivity index (χ3v) is 2.72. The van der Waals surface area contributed by atoms with Gasteiger partial charge in [0, 0.05) is 18.0 Å². The maximum absolute atomic E-state index is 11.8. The summed E-state index contributed by atoms with van der Waals surface area (Å²) in [5, 5.41) is 3.34. The van der Waals surface area contributed by atoms with Crippen LogP contribution in [-0.2, 0) is 0 Å². The highest BCUT2D eigenvalue weighted by Crippen LogP contribution is 2.20. The van der Waals surface area contributed by atoms with Crippen molar-refractivity contribution in [2.24, 2.45) is 0 Å². The van der Waals surface area contributed by atoms with E-state index in [0.717, 1.165) is 6.42 Å². The molecule has 1 aromatic heterocycles. The van der Waals surface area contributed by atoms with Crippen LogP contribution < -0.4 is 15.7 Å². The highest BCUT2D eigenvalue weighted by atomic mass is 16.5. The van der Waals surface area contributed by atoms with Gasteiger partial charge in [0.2, 0.25) is 0 Å². The highest BCUT2D eigenvalue weighted by molar-refractivity contribution is 5.96. The van der Waals surface area contributed by atoms with Crippen LogP contribution in [0.2, 0.25) is 0 Å². The molecule has 100 valence electrons. The fourth-order valence-electron chi connectivity index (χ4n) is 1.71. The summed E-state index contributed by atoms with van der Waals surface area (Å²) in [5.74, 6) is 0.187. The van der Waals surface area contributed by atoms with E-state index in [1.54, 1.807) is 18.2 Å². The van der Waals surface area contributed by atoms with Crippen molar-refractivity contribution in [1.29, 1.82) is 0 Å². The lowest BCUT2D eigenvalue weighted by molar-refractivity contribution is 0.0950. The van der Waals surface area contributed by atoms with Crippen LogP contribution in [-0.4, -0.2) is 19.6 Å². The first-order chi connectivity index (χ1) is 9.15. The molecule has 0 saturated carbocycles. The van der Waals surface area contributed by atoms with Crippen molar-refractivity contribution in [1.82, 2.24) is 5.32 Å². The minimum atomic E-state index is -0.644. The Balaban J connectivity index is 2.44. The van der Waals surface area contributed by atoms with Gasteiger partial charge in [-0.15, -0.1) is 0 Å². The highest BCUT2D eigenvalue weighted by Gasteiger charge is 2.13. The van der Waals surface area contributed by atoms with Gasteiger partial charge in [0.15, 0.2) is 0 Å². The molecule has 1 N–H and O–H groups in total. The normalized spacial score (nSPS) is 10.4. The third kappa shape index (κ3) is 2.76. The Morgan fingerprint density at radius 1 is 1.37 bits per heavy atom. The van der Waals surface area contributed by atoms with Crippen molar-refractivity contribution in [3.63, 3.8) is 0 Å². The molecular weight excluding hydrogens is 246 g/mol. The van der Waals surface area contributed by atoms with Gasteiger partial charge in [0.1, 0.15) is 16.9 Å². The molecule has 0 radical (unpaired) electrons. The van der Waals surface area contributed by atoms with Crippen molar-refractivity contribution in [3.05, 3.63) is 40.2 Å². The molecule has 0 aliphatic carbocycles. The Hall–Kier alpha value is -2.30. The van der Waals surface area contributed by atoms with E-state index in [9.17, 15) is 9.59 Å². The molecule has 0 spiro atoms. The van der Waals surface area contributed by atoms with Crippen LogP contribution in [0.5, 0.6) is 5.75 Å². The summed E-state index contributed by atoms with van der Waals surface area (Å²) < 4.78 is 10.2. The smallest absolute Gasteiger partial charge is 0.349 e. The number of ether oxygens (including phenoxy) is 1. The monoisotopic (exact) mass is 261 g/mol. The van der Waals surface area contributed by atoms with Gasteiger partial charge in [-0.2, -0.15) is 0 Å². The maximum atomic E-state index is 11.8. The van der Waals surface area contributed by atoms with Crippen LogP contribution in [0.3, 0.4) is 0 Å². The summed E-state index contributed by atoms with van der Waals surface area (Å²) >= 11 is 0. The van der Waals surface area contributed by atoms with E-state index in [0.29, 0.717) is 23.3 Å². The molecule has 5 heteroatoms. The molecule has 5 nitrogen and oxygen atoms in total. The Bertz CT molecular complexity index is 660. The first kappa shape index (κ1) is 13.1. The summed E-state index contributed by atoms with van der Waals surface area (Å²) in [6, 6.07) is 6.64. The number of rotatable bonds is 4. The molecule has 0 aliphatic rings. The van der Waals surface area contributed by atoms with Crippen LogP contribution in [0.4, 0.5) is 0 Å². The topological polar surface area (TPSA) is 68.5 Å². The van der Waals surface area contributed by atoms with Gasteiger partial charge >= 0.3 is 5.63 Å². The van der Waals surface area contributed by atoms with Crippen LogP contribution in [0, 0.1) is 0 Å². The molecule has 0 atom stereocenters. The molecule has 0 bridgehead atoms. The van der Waals surface area contributed by atoms with Gasteiger partial charge < -0.3 is 14.5 Å². The van der Waals surface area contributed by atoms with Gasteiger partial charge in [-0.25, -0.2) is 4.79 Å². The van der Waals surface area contributed by atoms with Gasteiger partial charge in [-0.05, 0) is 24.6 Å². The summed E-state index contributed by atoms with van der Waals surface area (Å²) in [4.78, 5) is 23.6. The fraction of sp³-hybridized carbons (Fsp3) is 0.286. The molecule has 2 rings (SSSR count). The lowest BCUT2D eigenvalue weighted by Gasteiger charge is -2.04. The van der Waals surface area contributed by atoms with Crippen molar-refractivity contribution >= 4 is 16.9 Å². The van der Waals surface area contributed by atoms with E-state index in [-0.39, 0.29) is 5.56 Å². The molecule has 0 fully saturated rings. The number of hydrogen-bond donors (Lipinski definition) is 1. The molecule has 1 heterocycles. The first-order valence-corrected chi connectivity index (χ1v) is 6.05. The molecule has 0 saturated heterocycles. The number of carbonyl (C=O) groups excluding carboxylic acids is 1. The number of fused-ring (bicyclic) bond motifs is 1. The predicted octanol–water partition coefficient (Wildman–Crippen LogP) is 1.94. The molecule has 0 aliphatic heterocycles. The number of benzene rings is 1. The van der Waals surface area contributed by atoms with Gasteiger partial charge in [0.05, 0.1) is 7.11 Å². The van der Waals surface area contributed by atoms with E-state index in [4.69, 9.17) is 9.15 Å². The van der Waals surface area contributed by atoms with Crippen molar-refractivity contribution in [2.45, 2.75) is 13.3 Å². The van der Waals surface area contributed by atoms with Gasteiger partial charge in [-0.1, -0.05) is 6.92 Å². The van der Waals surface area contributed by atoms with E-state index in [2.05, 4.69) is 5.32 Å². The summed E-state index contributed by atoms with van der Waals surface area (Å²) in [6.45, 7) is 2.47. The Morgan fingerprint density at radius 3 is 2.84 bits per heavy atom. The molecule has 1 amide bonds.